The van der Waals surface area contributed by atoms with Gasteiger partial charge in [-0.15, -0.1) is 0 Å². The lowest BCUT2D eigenvalue weighted by Gasteiger charge is -2.24. The second-order valence-electron chi connectivity index (χ2n) is 4.91. The molecule has 0 aliphatic carbocycles. The molecule has 86 valence electrons. The molecule has 0 aromatic heterocycles. The van der Waals surface area contributed by atoms with Gasteiger partial charge in [0.2, 0.25) is 5.91 Å². The first-order chi connectivity index (χ1) is 7.18. The molecular weight excluding hydrogens is 190 g/mol. The first-order valence-electron chi connectivity index (χ1n) is 5.83. The van der Waals surface area contributed by atoms with E-state index in [1.54, 1.807) is 0 Å². The Bertz CT molecular complexity index is 242. The highest BCUT2D eigenvalue weighted by atomic mass is 16.2. The minimum atomic E-state index is 0.333. The van der Waals surface area contributed by atoms with E-state index in [0.29, 0.717) is 24.3 Å². The van der Waals surface area contributed by atoms with Gasteiger partial charge in [0.05, 0.1) is 0 Å². The van der Waals surface area contributed by atoms with Gasteiger partial charge < -0.3 is 15.1 Å². The quantitative estimate of drug-likeness (QED) is 0.700. The summed E-state index contributed by atoms with van der Waals surface area (Å²) in [5, 5.41) is 3.37. The summed E-state index contributed by atoms with van der Waals surface area (Å²) in [4.78, 5) is 16.1. The van der Waals surface area contributed by atoms with Crippen molar-refractivity contribution in [2.24, 2.45) is 5.92 Å². The van der Waals surface area contributed by atoms with Crippen LogP contribution in [0.3, 0.4) is 0 Å². The van der Waals surface area contributed by atoms with Gasteiger partial charge in [0.15, 0.2) is 0 Å². The largest absolute Gasteiger partial charge is 0.338 e. The third kappa shape index (κ3) is 2.32. The number of hydrogen-bond acceptors (Lipinski definition) is 3. The molecule has 0 spiro atoms. The Morgan fingerprint density at radius 2 is 2.27 bits per heavy atom. The van der Waals surface area contributed by atoms with E-state index < -0.39 is 0 Å². The molecular formula is C11H21N3O. The Morgan fingerprint density at radius 1 is 1.47 bits per heavy atom. The van der Waals surface area contributed by atoms with E-state index in [0.717, 1.165) is 26.2 Å². The maximum absolute atomic E-state index is 12.0. The van der Waals surface area contributed by atoms with E-state index in [4.69, 9.17) is 0 Å². The van der Waals surface area contributed by atoms with Crippen LogP contribution in [-0.4, -0.2) is 62.0 Å². The zero-order valence-electron chi connectivity index (χ0n) is 9.70. The Morgan fingerprint density at radius 3 is 3.00 bits per heavy atom. The number of fused-ring (bicyclic) bond motifs is 1. The van der Waals surface area contributed by atoms with Gasteiger partial charge in [-0.3, -0.25) is 4.79 Å². The highest BCUT2D eigenvalue weighted by molar-refractivity contribution is 5.77. The third-order valence-corrected chi connectivity index (χ3v) is 3.54. The van der Waals surface area contributed by atoms with Crippen LogP contribution in [0.2, 0.25) is 0 Å². The zero-order chi connectivity index (χ0) is 10.8. The molecule has 0 unspecified atom stereocenters. The van der Waals surface area contributed by atoms with Crippen molar-refractivity contribution in [1.82, 2.24) is 15.1 Å². The summed E-state index contributed by atoms with van der Waals surface area (Å²) in [5.41, 5.74) is 0. The summed E-state index contributed by atoms with van der Waals surface area (Å²) in [6.45, 7) is 3.93. The number of carbonyl (C=O) groups is 1. The van der Waals surface area contributed by atoms with Gasteiger partial charge in [-0.05, 0) is 26.4 Å². The molecule has 2 heterocycles. The Hall–Kier alpha value is -0.610. The zero-order valence-corrected chi connectivity index (χ0v) is 9.70. The van der Waals surface area contributed by atoms with Crippen LogP contribution in [0.1, 0.15) is 12.8 Å². The Balaban J connectivity index is 1.85. The van der Waals surface area contributed by atoms with Gasteiger partial charge in [-0.2, -0.15) is 0 Å². The fourth-order valence-corrected chi connectivity index (χ4v) is 2.62. The number of hydrogen-bond donors (Lipinski definition) is 1. The molecule has 0 saturated carbocycles. The maximum Gasteiger partial charge on any atom is 0.224 e. The number of nitrogens with zero attached hydrogens (tertiary/aromatic N) is 2. The van der Waals surface area contributed by atoms with E-state index in [1.807, 2.05) is 14.1 Å². The van der Waals surface area contributed by atoms with Crippen LogP contribution in [0.15, 0.2) is 0 Å². The van der Waals surface area contributed by atoms with Crippen LogP contribution in [0.4, 0.5) is 0 Å². The molecule has 0 aromatic carbocycles. The summed E-state index contributed by atoms with van der Waals surface area (Å²) < 4.78 is 0. The van der Waals surface area contributed by atoms with Gasteiger partial charge in [0, 0.05) is 38.6 Å². The number of rotatable bonds is 3. The highest BCUT2D eigenvalue weighted by Crippen LogP contribution is 2.27. The highest BCUT2D eigenvalue weighted by Gasteiger charge is 2.39. The topological polar surface area (TPSA) is 35.6 Å². The van der Waals surface area contributed by atoms with Crippen LogP contribution in [-0.2, 0) is 4.79 Å². The van der Waals surface area contributed by atoms with Crippen molar-refractivity contribution >= 4 is 5.91 Å². The molecule has 2 aliphatic heterocycles. The summed E-state index contributed by atoms with van der Waals surface area (Å²) in [6, 6.07) is 0.486. The van der Waals surface area contributed by atoms with E-state index in [2.05, 4.69) is 15.1 Å². The Labute approximate surface area is 91.6 Å². The van der Waals surface area contributed by atoms with E-state index in [1.165, 1.54) is 6.42 Å². The van der Waals surface area contributed by atoms with Crippen LogP contribution in [0.25, 0.3) is 0 Å². The van der Waals surface area contributed by atoms with Crippen LogP contribution in [0, 0.1) is 5.92 Å². The van der Waals surface area contributed by atoms with Crippen LogP contribution < -0.4 is 5.32 Å². The normalized spacial score (nSPS) is 29.9. The van der Waals surface area contributed by atoms with Gasteiger partial charge in [-0.1, -0.05) is 0 Å². The molecule has 2 rings (SSSR count). The number of nitrogens with one attached hydrogen (secondary N) is 1. The van der Waals surface area contributed by atoms with Gasteiger partial charge in [-0.25, -0.2) is 0 Å². The average Bonchev–Trinajstić information content (AvgIpc) is 2.74. The van der Waals surface area contributed by atoms with E-state index in [-0.39, 0.29) is 0 Å². The second-order valence-corrected chi connectivity index (χ2v) is 4.91. The first-order valence-corrected chi connectivity index (χ1v) is 5.83. The minimum absolute atomic E-state index is 0.333. The average molecular weight is 211 g/mol. The lowest BCUT2D eigenvalue weighted by atomic mass is 10.1. The molecule has 0 bridgehead atoms. The van der Waals surface area contributed by atoms with Gasteiger partial charge in [0.25, 0.3) is 0 Å². The summed E-state index contributed by atoms with van der Waals surface area (Å²) in [5.74, 6) is 1.05. The lowest BCUT2D eigenvalue weighted by molar-refractivity contribution is -0.132. The molecule has 2 atom stereocenters. The monoisotopic (exact) mass is 211 g/mol. The lowest BCUT2D eigenvalue weighted by Crippen LogP contribution is -2.40. The number of likely N-dealkylation sites (tertiary alicyclic amines) is 1. The second kappa shape index (κ2) is 4.49. The molecule has 2 aliphatic rings. The molecule has 4 heteroatoms. The summed E-state index contributed by atoms with van der Waals surface area (Å²) in [6.07, 6.45) is 1.85. The smallest absolute Gasteiger partial charge is 0.224 e. The van der Waals surface area contributed by atoms with Crippen molar-refractivity contribution in [3.8, 4) is 0 Å². The molecule has 2 fully saturated rings. The molecule has 1 N–H and O–H groups in total. The molecule has 1 amide bonds. The van der Waals surface area contributed by atoms with Crippen molar-refractivity contribution in [3.05, 3.63) is 0 Å². The minimum Gasteiger partial charge on any atom is -0.338 e. The first kappa shape index (κ1) is 10.9. The predicted molar refractivity (Wildman–Crippen MR) is 59.6 cm³/mol. The van der Waals surface area contributed by atoms with E-state index in [9.17, 15) is 4.79 Å². The van der Waals surface area contributed by atoms with E-state index >= 15 is 0 Å². The predicted octanol–water partition coefficient (Wildman–Crippen LogP) is -0.242. The van der Waals surface area contributed by atoms with Gasteiger partial charge >= 0.3 is 0 Å². The fraction of sp³-hybridized carbons (Fsp3) is 0.909. The standard InChI is InChI=1S/C11H21N3O/c1-13(2)5-4-11(15)14-6-3-9-7-12-8-10(9)14/h9-10,12H,3-8H2,1-2H3/t9-,10+/m0/s1. The Kier molecular flexibility index (Phi) is 3.26. The molecule has 15 heavy (non-hydrogen) atoms. The van der Waals surface area contributed by atoms with Crippen molar-refractivity contribution in [2.45, 2.75) is 18.9 Å². The number of amides is 1. The summed E-state index contributed by atoms with van der Waals surface area (Å²) >= 11 is 0. The van der Waals surface area contributed by atoms with Crippen LogP contribution >= 0.6 is 0 Å². The maximum atomic E-state index is 12.0. The molecule has 0 aromatic rings. The SMILES string of the molecule is CN(C)CCC(=O)N1CC[C@H]2CNC[C@H]21. The molecule has 0 radical (unpaired) electrons. The fourth-order valence-electron chi connectivity index (χ4n) is 2.62. The number of carbonyl (C=O) groups excluding carboxylic acids is 1. The van der Waals surface area contributed by atoms with Gasteiger partial charge in [0.1, 0.15) is 0 Å². The van der Waals surface area contributed by atoms with Crippen molar-refractivity contribution in [2.75, 3.05) is 40.3 Å². The van der Waals surface area contributed by atoms with Crippen molar-refractivity contribution < 1.29 is 4.79 Å². The third-order valence-electron chi connectivity index (χ3n) is 3.54. The molecule has 2 saturated heterocycles. The van der Waals surface area contributed by atoms with Crippen LogP contribution in [0.5, 0.6) is 0 Å². The summed E-state index contributed by atoms with van der Waals surface area (Å²) in [7, 11) is 4.02. The van der Waals surface area contributed by atoms with Crippen molar-refractivity contribution in [1.29, 1.82) is 0 Å². The molecule has 4 nitrogen and oxygen atoms in total. The van der Waals surface area contributed by atoms with Crippen molar-refractivity contribution in [3.63, 3.8) is 0 Å².